The summed E-state index contributed by atoms with van der Waals surface area (Å²) in [6, 6.07) is 12.7. The Bertz CT molecular complexity index is 1150. The minimum absolute atomic E-state index is 0.100. The molecule has 1 amide bonds. The van der Waals surface area contributed by atoms with Crippen molar-refractivity contribution in [2.45, 2.75) is 25.3 Å². The van der Waals surface area contributed by atoms with Gasteiger partial charge in [0.1, 0.15) is 5.69 Å². The summed E-state index contributed by atoms with van der Waals surface area (Å²) in [6.45, 7) is 1.40. The van der Waals surface area contributed by atoms with Crippen LogP contribution in [0, 0.1) is 0 Å². The van der Waals surface area contributed by atoms with Gasteiger partial charge in [0.25, 0.3) is 5.91 Å². The van der Waals surface area contributed by atoms with Crippen LogP contribution < -0.4 is 5.32 Å². The van der Waals surface area contributed by atoms with E-state index in [4.69, 9.17) is 4.74 Å². The summed E-state index contributed by atoms with van der Waals surface area (Å²) in [5.41, 5.74) is 6.74. The van der Waals surface area contributed by atoms with Crippen molar-refractivity contribution >= 4 is 38.8 Å². The van der Waals surface area contributed by atoms with E-state index in [1.165, 1.54) is 11.1 Å². The second kappa shape index (κ2) is 8.63. The zero-order valence-electron chi connectivity index (χ0n) is 16.3. The van der Waals surface area contributed by atoms with Crippen molar-refractivity contribution in [3.05, 3.63) is 70.3 Å². The zero-order valence-corrected chi connectivity index (χ0v) is 18.0. The molecule has 0 bridgehead atoms. The molecule has 1 aromatic carbocycles. The van der Waals surface area contributed by atoms with Crippen LogP contribution in [-0.2, 0) is 11.2 Å². The number of thiazole rings is 1. The van der Waals surface area contributed by atoms with E-state index in [9.17, 15) is 4.79 Å². The van der Waals surface area contributed by atoms with Crippen LogP contribution in [0.5, 0.6) is 0 Å². The van der Waals surface area contributed by atoms with Crippen LogP contribution in [0.15, 0.2) is 53.5 Å². The molecule has 1 aliphatic rings. The third kappa shape index (κ3) is 4.14. The maximum atomic E-state index is 12.8. The molecule has 30 heavy (non-hydrogen) atoms. The van der Waals surface area contributed by atoms with Crippen LogP contribution in [0.4, 0.5) is 0 Å². The Kier molecular flexibility index (Phi) is 5.57. The molecule has 1 aliphatic heterocycles. The highest BCUT2D eigenvalue weighted by molar-refractivity contribution is 7.17. The molecule has 1 fully saturated rings. The van der Waals surface area contributed by atoms with Crippen molar-refractivity contribution in [3.8, 4) is 10.4 Å². The van der Waals surface area contributed by atoms with Crippen LogP contribution >= 0.6 is 22.7 Å². The number of carbonyl (C=O) groups is 1. The van der Waals surface area contributed by atoms with Gasteiger partial charge >= 0.3 is 0 Å². The summed E-state index contributed by atoms with van der Waals surface area (Å²) >= 11 is 3.31. The van der Waals surface area contributed by atoms with Gasteiger partial charge in [-0.05, 0) is 53.5 Å². The Balaban J connectivity index is 1.39. The van der Waals surface area contributed by atoms with E-state index in [2.05, 4.69) is 39.6 Å². The Labute approximate surface area is 182 Å². The third-order valence-electron chi connectivity index (χ3n) is 5.34. The van der Waals surface area contributed by atoms with Gasteiger partial charge in [0.05, 0.1) is 20.6 Å². The van der Waals surface area contributed by atoms with Gasteiger partial charge in [-0.3, -0.25) is 9.78 Å². The number of hydrogen-bond acceptors (Lipinski definition) is 6. The summed E-state index contributed by atoms with van der Waals surface area (Å²) in [7, 11) is 0. The molecule has 5 rings (SSSR count). The van der Waals surface area contributed by atoms with Crippen LogP contribution in [0.1, 0.15) is 34.5 Å². The Morgan fingerprint density at radius 2 is 1.97 bits per heavy atom. The minimum atomic E-state index is -0.100. The van der Waals surface area contributed by atoms with E-state index in [1.807, 2.05) is 29.2 Å². The van der Waals surface area contributed by atoms with E-state index in [1.54, 1.807) is 22.7 Å². The van der Waals surface area contributed by atoms with Gasteiger partial charge in [-0.15, -0.1) is 22.7 Å². The molecule has 0 spiro atoms. The number of thiophene rings is 1. The molecule has 152 valence electrons. The lowest BCUT2D eigenvalue weighted by Gasteiger charge is -2.23. The number of rotatable bonds is 5. The van der Waals surface area contributed by atoms with Gasteiger partial charge in [0.2, 0.25) is 0 Å². The van der Waals surface area contributed by atoms with E-state index < -0.39 is 0 Å². The molecule has 0 unspecified atom stereocenters. The number of amides is 1. The third-order valence-corrected chi connectivity index (χ3v) is 7.14. The van der Waals surface area contributed by atoms with E-state index >= 15 is 0 Å². The molecular formula is C23H21N3O2S2. The van der Waals surface area contributed by atoms with Crippen molar-refractivity contribution in [1.82, 2.24) is 15.3 Å². The highest BCUT2D eigenvalue weighted by atomic mass is 32.1. The monoisotopic (exact) mass is 435 g/mol. The van der Waals surface area contributed by atoms with Gasteiger partial charge in [0.15, 0.2) is 0 Å². The molecule has 0 saturated carbocycles. The van der Waals surface area contributed by atoms with Crippen molar-refractivity contribution in [2.24, 2.45) is 0 Å². The standard InChI is InChI=1S/C23H21N3O2S2/c27-23(25-18-5-8-28-9-6-18)20-12-17(22-19(26-20)7-10-29-22)11-15-1-3-16(4-2-15)21-13-24-14-30-21/h1-4,7,10,12-14,18H,5-6,8-9,11H2,(H,25,27). The topological polar surface area (TPSA) is 64.1 Å². The average Bonchev–Trinajstić information content (AvgIpc) is 3.47. The highest BCUT2D eigenvalue weighted by Crippen LogP contribution is 2.28. The van der Waals surface area contributed by atoms with E-state index in [-0.39, 0.29) is 11.9 Å². The molecule has 3 aromatic heterocycles. The molecule has 4 aromatic rings. The molecule has 4 heterocycles. The molecule has 5 nitrogen and oxygen atoms in total. The summed E-state index contributed by atoms with van der Waals surface area (Å²) in [6.07, 6.45) is 4.36. The summed E-state index contributed by atoms with van der Waals surface area (Å²) in [5, 5.41) is 5.16. The number of aromatic nitrogens is 2. The maximum Gasteiger partial charge on any atom is 0.270 e. The van der Waals surface area contributed by atoms with Crippen molar-refractivity contribution < 1.29 is 9.53 Å². The lowest BCUT2D eigenvalue weighted by atomic mass is 10.0. The largest absolute Gasteiger partial charge is 0.381 e. The average molecular weight is 436 g/mol. The number of carbonyl (C=O) groups excluding carboxylic acids is 1. The molecule has 1 N–H and O–H groups in total. The van der Waals surface area contributed by atoms with Gasteiger partial charge in [0, 0.05) is 25.5 Å². The fourth-order valence-corrected chi connectivity index (χ4v) is 5.22. The normalized spacial score (nSPS) is 14.8. The van der Waals surface area contributed by atoms with Crippen LogP contribution in [0.3, 0.4) is 0 Å². The van der Waals surface area contributed by atoms with Crippen LogP contribution in [0.2, 0.25) is 0 Å². The molecule has 0 radical (unpaired) electrons. The highest BCUT2D eigenvalue weighted by Gasteiger charge is 2.19. The Morgan fingerprint density at radius 1 is 1.13 bits per heavy atom. The fourth-order valence-electron chi connectivity index (χ4n) is 3.74. The number of nitrogens with zero attached hydrogens (tertiary/aromatic N) is 2. The lowest BCUT2D eigenvalue weighted by Crippen LogP contribution is -2.39. The van der Waals surface area contributed by atoms with Crippen LogP contribution in [-0.4, -0.2) is 35.1 Å². The summed E-state index contributed by atoms with van der Waals surface area (Å²) in [5.74, 6) is -0.100. The first-order chi connectivity index (χ1) is 14.8. The predicted molar refractivity (Wildman–Crippen MR) is 121 cm³/mol. The maximum absolute atomic E-state index is 12.8. The first kappa shape index (κ1) is 19.4. The number of nitrogens with one attached hydrogen (secondary N) is 1. The van der Waals surface area contributed by atoms with Gasteiger partial charge in [-0.1, -0.05) is 24.3 Å². The quantitative estimate of drug-likeness (QED) is 0.483. The molecule has 7 heteroatoms. The number of fused-ring (bicyclic) bond motifs is 1. The van der Waals surface area contributed by atoms with Crippen molar-refractivity contribution in [1.29, 1.82) is 0 Å². The van der Waals surface area contributed by atoms with Crippen molar-refractivity contribution in [3.63, 3.8) is 0 Å². The first-order valence-corrected chi connectivity index (χ1v) is 11.8. The molecule has 1 saturated heterocycles. The van der Waals surface area contributed by atoms with Crippen LogP contribution in [0.25, 0.3) is 20.7 Å². The van der Waals surface area contributed by atoms with Gasteiger partial charge in [-0.2, -0.15) is 0 Å². The van der Waals surface area contributed by atoms with E-state index in [0.29, 0.717) is 18.9 Å². The second-order valence-corrected chi connectivity index (χ2v) is 9.20. The SMILES string of the molecule is O=C(NC1CCOCC1)c1cc(Cc2ccc(-c3cncs3)cc2)c2sccc2n1. The smallest absolute Gasteiger partial charge is 0.270 e. The zero-order chi connectivity index (χ0) is 20.3. The first-order valence-electron chi connectivity index (χ1n) is 10.00. The molecular weight excluding hydrogens is 414 g/mol. The fraction of sp³-hybridized carbons (Fsp3) is 0.261. The summed E-state index contributed by atoms with van der Waals surface area (Å²) < 4.78 is 6.53. The number of benzene rings is 1. The minimum Gasteiger partial charge on any atom is -0.381 e. The van der Waals surface area contributed by atoms with Crippen molar-refractivity contribution in [2.75, 3.05) is 13.2 Å². The number of hydrogen-bond donors (Lipinski definition) is 1. The lowest BCUT2D eigenvalue weighted by molar-refractivity contribution is 0.0694. The van der Waals surface area contributed by atoms with E-state index in [0.717, 1.165) is 39.9 Å². The number of pyridine rings is 1. The summed E-state index contributed by atoms with van der Waals surface area (Å²) in [4.78, 5) is 22.8. The second-order valence-electron chi connectivity index (χ2n) is 7.40. The Hall–Kier alpha value is -2.61. The Morgan fingerprint density at radius 3 is 2.73 bits per heavy atom. The van der Waals surface area contributed by atoms with Gasteiger partial charge in [-0.25, -0.2) is 4.98 Å². The number of ether oxygens (including phenoxy) is 1. The molecule has 0 atom stereocenters. The molecule has 0 aliphatic carbocycles. The van der Waals surface area contributed by atoms with Gasteiger partial charge < -0.3 is 10.1 Å². The predicted octanol–water partition coefficient (Wildman–Crippen LogP) is 4.92.